The van der Waals surface area contributed by atoms with Crippen molar-refractivity contribution in [1.29, 1.82) is 0 Å². The molecule has 0 saturated heterocycles. The average Bonchev–Trinajstić information content (AvgIpc) is 3.22. The summed E-state index contributed by atoms with van der Waals surface area (Å²) in [5.74, 6) is 3.33. The number of hydrogen-bond acceptors (Lipinski definition) is 3. The van der Waals surface area contributed by atoms with E-state index in [1.54, 1.807) is 0 Å². The van der Waals surface area contributed by atoms with Crippen LogP contribution in [0.1, 0.15) is 134 Å². The van der Waals surface area contributed by atoms with E-state index in [9.17, 15) is 15.0 Å². The Balaban J connectivity index is 1.21. The van der Waals surface area contributed by atoms with Crippen molar-refractivity contribution in [2.24, 2.45) is 23.2 Å². The lowest BCUT2D eigenvalue weighted by atomic mass is 9.52. The van der Waals surface area contributed by atoms with Crippen LogP contribution < -0.4 is 0 Å². The van der Waals surface area contributed by atoms with E-state index >= 15 is 0 Å². The van der Waals surface area contributed by atoms with E-state index in [0.29, 0.717) is 41.7 Å². The molecule has 2 N–H and O–H groups in total. The van der Waals surface area contributed by atoms with Gasteiger partial charge in [-0.2, -0.15) is 0 Å². The first-order valence-electron chi connectivity index (χ1n) is 16.2. The number of nitrogens with zero attached hydrogens (tertiary/aromatic N) is 1. The molecule has 1 aromatic carbocycles. The van der Waals surface area contributed by atoms with Gasteiger partial charge in [0, 0.05) is 20.0 Å². The van der Waals surface area contributed by atoms with Gasteiger partial charge < -0.3 is 15.1 Å². The molecule has 0 radical (unpaired) electrons. The molecule has 0 bridgehead atoms. The molecular formula is C34H54INO3. The number of aromatic hydroxyl groups is 1. The molecule has 220 valence electrons. The summed E-state index contributed by atoms with van der Waals surface area (Å²) in [6.45, 7) is 5.44. The normalized spacial score (nSPS) is 29.5. The Morgan fingerprint density at radius 3 is 2.44 bits per heavy atom. The number of carbonyl (C=O) groups is 1. The first-order chi connectivity index (χ1) is 18.8. The standard InChI is InChI=1S/C34H54INO3/c1-4-5-20-36(3)32(39)15-13-11-9-7-6-8-10-12-14-24-21-25-22-30(37)29(35)23-27(25)26-18-19-34(2)28(33(24)26)16-17-31(34)38/h22-24,26,28,31,33,37-38H,4-21H2,1-3H3/t24-,26-,28+,31+,33-,34+/m1/s1. The largest absolute Gasteiger partial charge is 0.507 e. The van der Waals surface area contributed by atoms with E-state index in [2.05, 4.69) is 48.6 Å². The van der Waals surface area contributed by atoms with Crippen LogP contribution >= 0.6 is 22.6 Å². The van der Waals surface area contributed by atoms with E-state index in [1.807, 2.05) is 11.9 Å². The molecule has 6 atom stereocenters. The highest BCUT2D eigenvalue weighted by Gasteiger charge is 2.56. The number of carbonyl (C=O) groups excluding carboxylic acids is 1. The van der Waals surface area contributed by atoms with Crippen molar-refractivity contribution in [2.75, 3.05) is 13.6 Å². The third kappa shape index (κ3) is 7.34. The molecule has 0 spiro atoms. The molecule has 39 heavy (non-hydrogen) atoms. The Bertz CT molecular complexity index is 951. The van der Waals surface area contributed by atoms with Crippen molar-refractivity contribution in [3.05, 3.63) is 26.8 Å². The number of fused-ring (bicyclic) bond motifs is 5. The van der Waals surface area contributed by atoms with Crippen LogP contribution in [0.4, 0.5) is 0 Å². The number of halogens is 1. The lowest BCUT2D eigenvalue weighted by Crippen LogP contribution is -2.47. The fourth-order valence-electron chi connectivity index (χ4n) is 8.50. The van der Waals surface area contributed by atoms with E-state index in [1.165, 1.54) is 75.3 Å². The van der Waals surface area contributed by atoms with Crippen LogP contribution in [-0.2, 0) is 11.2 Å². The number of amides is 1. The van der Waals surface area contributed by atoms with Crippen LogP contribution in [-0.4, -0.2) is 40.7 Å². The molecule has 3 aliphatic rings. The topological polar surface area (TPSA) is 60.8 Å². The zero-order valence-corrected chi connectivity index (χ0v) is 27.1. The van der Waals surface area contributed by atoms with E-state index in [-0.39, 0.29) is 11.5 Å². The highest BCUT2D eigenvalue weighted by Crippen LogP contribution is 2.63. The van der Waals surface area contributed by atoms with Crippen LogP contribution in [0.5, 0.6) is 5.75 Å². The molecule has 4 nitrogen and oxygen atoms in total. The first kappa shape index (κ1) is 31.1. The summed E-state index contributed by atoms with van der Waals surface area (Å²) < 4.78 is 0.981. The molecular weight excluding hydrogens is 597 g/mol. The summed E-state index contributed by atoms with van der Waals surface area (Å²) in [6, 6.07) is 4.34. The monoisotopic (exact) mass is 651 g/mol. The third-order valence-electron chi connectivity index (χ3n) is 10.9. The lowest BCUT2D eigenvalue weighted by Gasteiger charge is -2.53. The summed E-state index contributed by atoms with van der Waals surface area (Å²) in [6.07, 6.45) is 19.6. The van der Waals surface area contributed by atoms with Gasteiger partial charge in [0.25, 0.3) is 0 Å². The molecule has 1 amide bonds. The lowest BCUT2D eigenvalue weighted by molar-refractivity contribution is -0.130. The van der Waals surface area contributed by atoms with Gasteiger partial charge in [-0.25, -0.2) is 0 Å². The second kappa shape index (κ2) is 14.4. The van der Waals surface area contributed by atoms with E-state index in [0.717, 1.165) is 48.6 Å². The van der Waals surface area contributed by atoms with Crippen LogP contribution in [0.3, 0.4) is 0 Å². The SMILES string of the molecule is CCCCN(C)C(=O)CCCCCCCCCC[C@@H]1Cc2cc(O)c(I)cc2[C@H]2CC[C@]3(C)[C@@H](O)CC[C@H]3[C@H]12. The fourth-order valence-corrected chi connectivity index (χ4v) is 8.99. The maximum atomic E-state index is 12.2. The van der Waals surface area contributed by atoms with Crippen LogP contribution in [0, 0.1) is 26.7 Å². The van der Waals surface area contributed by atoms with Gasteiger partial charge in [0.15, 0.2) is 0 Å². The van der Waals surface area contributed by atoms with Crippen molar-refractivity contribution in [3.63, 3.8) is 0 Å². The van der Waals surface area contributed by atoms with Crippen molar-refractivity contribution in [3.8, 4) is 5.75 Å². The number of phenols is 1. The smallest absolute Gasteiger partial charge is 0.222 e. The second-order valence-electron chi connectivity index (χ2n) is 13.4. The number of rotatable bonds is 14. The Morgan fingerprint density at radius 1 is 1.03 bits per heavy atom. The van der Waals surface area contributed by atoms with Crippen LogP contribution in [0.25, 0.3) is 0 Å². The minimum absolute atomic E-state index is 0.0938. The molecule has 0 aliphatic heterocycles. The van der Waals surface area contributed by atoms with Gasteiger partial charge in [-0.3, -0.25) is 4.79 Å². The molecule has 0 aromatic heterocycles. The Hall–Kier alpha value is -0.820. The highest BCUT2D eigenvalue weighted by atomic mass is 127. The summed E-state index contributed by atoms with van der Waals surface area (Å²) >= 11 is 2.28. The van der Waals surface area contributed by atoms with Gasteiger partial charge in [-0.15, -0.1) is 0 Å². The molecule has 2 saturated carbocycles. The summed E-state index contributed by atoms with van der Waals surface area (Å²) in [4.78, 5) is 14.1. The van der Waals surface area contributed by atoms with Gasteiger partial charge in [0.05, 0.1) is 9.67 Å². The maximum Gasteiger partial charge on any atom is 0.222 e. The van der Waals surface area contributed by atoms with Crippen LogP contribution in [0.15, 0.2) is 12.1 Å². The maximum absolute atomic E-state index is 12.2. The van der Waals surface area contributed by atoms with Crippen molar-refractivity contribution < 1.29 is 15.0 Å². The zero-order valence-electron chi connectivity index (χ0n) is 24.9. The number of hydrogen-bond donors (Lipinski definition) is 2. The molecule has 3 aliphatic carbocycles. The van der Waals surface area contributed by atoms with Crippen molar-refractivity contribution >= 4 is 28.5 Å². The quantitative estimate of drug-likeness (QED) is 0.157. The molecule has 0 heterocycles. The predicted molar refractivity (Wildman–Crippen MR) is 169 cm³/mol. The first-order valence-corrected chi connectivity index (χ1v) is 17.3. The Kier molecular flexibility index (Phi) is 11.5. The highest BCUT2D eigenvalue weighted by molar-refractivity contribution is 14.1. The number of benzene rings is 1. The van der Waals surface area contributed by atoms with Crippen molar-refractivity contribution in [1.82, 2.24) is 4.90 Å². The minimum Gasteiger partial charge on any atom is -0.507 e. The minimum atomic E-state index is -0.134. The number of unbranched alkanes of at least 4 members (excludes halogenated alkanes) is 8. The molecule has 0 unspecified atom stereocenters. The van der Waals surface area contributed by atoms with E-state index < -0.39 is 0 Å². The fraction of sp³-hybridized carbons (Fsp3) is 0.794. The van der Waals surface area contributed by atoms with Gasteiger partial charge >= 0.3 is 0 Å². The van der Waals surface area contributed by atoms with Crippen LogP contribution in [0.2, 0.25) is 0 Å². The summed E-state index contributed by atoms with van der Waals surface area (Å²) in [7, 11) is 1.94. The van der Waals surface area contributed by atoms with Crippen molar-refractivity contribution in [2.45, 2.75) is 135 Å². The summed E-state index contributed by atoms with van der Waals surface area (Å²) in [5, 5.41) is 21.4. The molecule has 1 aromatic rings. The summed E-state index contributed by atoms with van der Waals surface area (Å²) in [5.41, 5.74) is 2.98. The Morgan fingerprint density at radius 2 is 1.72 bits per heavy atom. The Labute approximate surface area is 251 Å². The zero-order chi connectivity index (χ0) is 28.0. The number of phenolic OH excluding ortho intramolecular Hbond substituents is 1. The van der Waals surface area contributed by atoms with E-state index in [4.69, 9.17) is 0 Å². The van der Waals surface area contributed by atoms with Gasteiger partial charge in [0.1, 0.15) is 5.75 Å². The predicted octanol–water partition coefficient (Wildman–Crippen LogP) is 8.60. The second-order valence-corrected chi connectivity index (χ2v) is 14.6. The number of aliphatic hydroxyl groups excluding tert-OH is 1. The molecule has 2 fully saturated rings. The van der Waals surface area contributed by atoms with Gasteiger partial charge in [-0.05, 0) is 126 Å². The van der Waals surface area contributed by atoms with Gasteiger partial charge in [0.2, 0.25) is 5.91 Å². The third-order valence-corrected chi connectivity index (χ3v) is 11.8. The number of aliphatic hydroxyl groups is 1. The van der Waals surface area contributed by atoms with Gasteiger partial charge in [-0.1, -0.05) is 65.2 Å². The average molecular weight is 652 g/mol. The molecule has 4 rings (SSSR count). The molecule has 5 heteroatoms.